The molecule has 0 radical (unpaired) electrons. The van der Waals surface area contributed by atoms with Gasteiger partial charge in [-0.05, 0) is 49.2 Å². The van der Waals surface area contributed by atoms with E-state index in [1.807, 2.05) is 38.1 Å². The highest BCUT2D eigenvalue weighted by Crippen LogP contribution is 2.18. The molecule has 0 saturated heterocycles. The number of aromatic nitrogens is 1. The second-order valence-electron chi connectivity index (χ2n) is 6.50. The molecule has 0 atom stereocenters. The van der Waals surface area contributed by atoms with Crippen LogP contribution in [0.25, 0.3) is 10.9 Å². The second kappa shape index (κ2) is 8.03. The molecule has 1 aromatic heterocycles. The summed E-state index contributed by atoms with van der Waals surface area (Å²) in [5.41, 5.74) is 2.71. The van der Waals surface area contributed by atoms with Crippen LogP contribution >= 0.6 is 0 Å². The summed E-state index contributed by atoms with van der Waals surface area (Å²) in [5, 5.41) is 3.47. The Kier molecular flexibility index (Phi) is 5.54. The van der Waals surface area contributed by atoms with Crippen LogP contribution in [0.4, 0.5) is 10.1 Å². The van der Waals surface area contributed by atoms with Crippen LogP contribution in [0.5, 0.6) is 0 Å². The highest BCUT2D eigenvalue weighted by Gasteiger charge is 2.20. The van der Waals surface area contributed by atoms with Crippen molar-refractivity contribution in [3.8, 4) is 0 Å². The van der Waals surface area contributed by atoms with E-state index in [2.05, 4.69) is 10.3 Å². The third kappa shape index (κ3) is 4.34. The fraction of sp³-hybridized carbons (Fsp3) is 0.238. The molecule has 0 bridgehead atoms. The van der Waals surface area contributed by atoms with E-state index in [1.54, 1.807) is 12.1 Å². The average molecular weight is 367 g/mol. The van der Waals surface area contributed by atoms with E-state index in [0.717, 1.165) is 17.7 Å². The first-order chi connectivity index (χ1) is 13.0. The highest BCUT2D eigenvalue weighted by molar-refractivity contribution is 6.01. The number of carbonyl (C=O) groups excluding carboxylic acids is 2. The Morgan fingerprint density at radius 1 is 1.15 bits per heavy atom. The van der Waals surface area contributed by atoms with Crippen molar-refractivity contribution in [2.45, 2.75) is 20.3 Å². The summed E-state index contributed by atoms with van der Waals surface area (Å²) in [7, 11) is 0. The van der Waals surface area contributed by atoms with Crippen LogP contribution in [0.1, 0.15) is 29.4 Å². The molecule has 0 aliphatic rings. The van der Waals surface area contributed by atoms with Crippen LogP contribution < -0.4 is 5.32 Å². The van der Waals surface area contributed by atoms with E-state index in [4.69, 9.17) is 0 Å². The molecule has 140 valence electrons. The van der Waals surface area contributed by atoms with E-state index < -0.39 is 0 Å². The summed E-state index contributed by atoms with van der Waals surface area (Å²) >= 11 is 0. The quantitative estimate of drug-likeness (QED) is 0.689. The average Bonchev–Trinajstić information content (AvgIpc) is 3.05. The lowest BCUT2D eigenvalue weighted by molar-refractivity contribution is -0.116. The third-order valence-electron chi connectivity index (χ3n) is 4.35. The van der Waals surface area contributed by atoms with Gasteiger partial charge >= 0.3 is 0 Å². The van der Waals surface area contributed by atoms with Crippen molar-refractivity contribution in [3.05, 3.63) is 65.6 Å². The van der Waals surface area contributed by atoms with Crippen LogP contribution in [-0.4, -0.2) is 34.8 Å². The molecule has 2 aromatic carbocycles. The number of para-hydroxylation sites is 1. The number of rotatable bonds is 6. The number of nitrogens with one attached hydrogen (secondary N) is 2. The number of nitrogens with zero attached hydrogens (tertiary/aromatic N) is 1. The number of hydrogen-bond donors (Lipinski definition) is 2. The molecule has 0 unspecified atom stereocenters. The van der Waals surface area contributed by atoms with Crippen LogP contribution in [0.3, 0.4) is 0 Å². The number of fused-ring (bicyclic) bond motifs is 1. The van der Waals surface area contributed by atoms with Crippen molar-refractivity contribution >= 4 is 28.4 Å². The number of H-pyrrole nitrogens is 1. The lowest BCUT2D eigenvalue weighted by Gasteiger charge is -2.21. The van der Waals surface area contributed by atoms with Gasteiger partial charge in [0.2, 0.25) is 5.91 Å². The van der Waals surface area contributed by atoms with Gasteiger partial charge in [-0.1, -0.05) is 25.1 Å². The van der Waals surface area contributed by atoms with Crippen molar-refractivity contribution in [2.24, 2.45) is 0 Å². The maximum atomic E-state index is 13.4. The Labute approximate surface area is 157 Å². The van der Waals surface area contributed by atoms with Crippen molar-refractivity contribution in [3.63, 3.8) is 0 Å². The van der Waals surface area contributed by atoms with Crippen molar-refractivity contribution in [2.75, 3.05) is 18.4 Å². The van der Waals surface area contributed by atoms with Crippen LogP contribution in [-0.2, 0) is 4.79 Å². The topological polar surface area (TPSA) is 65.2 Å². The van der Waals surface area contributed by atoms with E-state index >= 15 is 0 Å². The minimum atomic E-state index is -0.358. The van der Waals surface area contributed by atoms with Gasteiger partial charge in [0.15, 0.2) is 0 Å². The Balaban J connectivity index is 1.76. The standard InChI is InChI=1S/C21H22FN3O2/c1-3-10-25(13-20(26)24-17-7-5-4-6-14(17)2)21(27)19-12-15-11-16(22)8-9-18(15)23-19/h4-9,11-12,23H,3,10,13H2,1-2H3,(H,24,26). The molecule has 6 heteroatoms. The van der Waals surface area contributed by atoms with E-state index in [1.165, 1.54) is 17.0 Å². The number of aryl methyl sites for hydroxylation is 1. The molecule has 27 heavy (non-hydrogen) atoms. The summed E-state index contributed by atoms with van der Waals surface area (Å²) in [4.78, 5) is 29.8. The van der Waals surface area contributed by atoms with Crippen molar-refractivity contribution in [1.29, 1.82) is 0 Å². The molecule has 2 amide bonds. The summed E-state index contributed by atoms with van der Waals surface area (Å²) < 4.78 is 13.4. The number of halogens is 1. The first-order valence-electron chi connectivity index (χ1n) is 8.91. The van der Waals surface area contributed by atoms with Crippen molar-refractivity contribution < 1.29 is 14.0 Å². The summed E-state index contributed by atoms with van der Waals surface area (Å²) in [6, 6.07) is 13.4. The zero-order chi connectivity index (χ0) is 19.4. The number of hydrogen-bond acceptors (Lipinski definition) is 2. The summed E-state index contributed by atoms with van der Waals surface area (Å²) in [6.07, 6.45) is 0.720. The fourth-order valence-corrected chi connectivity index (χ4v) is 2.99. The third-order valence-corrected chi connectivity index (χ3v) is 4.35. The first kappa shape index (κ1) is 18.6. The number of carbonyl (C=O) groups is 2. The predicted octanol–water partition coefficient (Wildman–Crippen LogP) is 4.11. The Hall–Kier alpha value is -3.15. The SMILES string of the molecule is CCCN(CC(=O)Nc1ccccc1C)C(=O)c1cc2cc(F)ccc2[nH]1. The van der Waals surface area contributed by atoms with Gasteiger partial charge < -0.3 is 15.2 Å². The maximum Gasteiger partial charge on any atom is 0.270 e. The number of anilines is 1. The van der Waals surface area contributed by atoms with Crippen LogP contribution in [0.15, 0.2) is 48.5 Å². The largest absolute Gasteiger partial charge is 0.351 e. The first-order valence-corrected chi connectivity index (χ1v) is 8.91. The van der Waals surface area contributed by atoms with Gasteiger partial charge in [0.25, 0.3) is 5.91 Å². The number of amides is 2. The Bertz CT molecular complexity index is 980. The predicted molar refractivity (Wildman–Crippen MR) is 104 cm³/mol. The number of benzene rings is 2. The summed E-state index contributed by atoms with van der Waals surface area (Å²) in [6.45, 7) is 4.25. The zero-order valence-corrected chi connectivity index (χ0v) is 15.4. The van der Waals surface area contributed by atoms with Gasteiger partial charge in [0.1, 0.15) is 18.1 Å². The molecule has 0 aliphatic carbocycles. The molecule has 5 nitrogen and oxygen atoms in total. The van der Waals surface area contributed by atoms with E-state index in [0.29, 0.717) is 23.1 Å². The molecule has 0 aliphatic heterocycles. The molecule has 1 heterocycles. The normalized spacial score (nSPS) is 10.8. The molecule has 0 saturated carbocycles. The Morgan fingerprint density at radius 2 is 1.93 bits per heavy atom. The molecular weight excluding hydrogens is 345 g/mol. The maximum absolute atomic E-state index is 13.4. The van der Waals surface area contributed by atoms with Crippen molar-refractivity contribution in [1.82, 2.24) is 9.88 Å². The van der Waals surface area contributed by atoms with Gasteiger partial charge in [0, 0.05) is 23.1 Å². The Morgan fingerprint density at radius 3 is 2.67 bits per heavy atom. The molecule has 2 N–H and O–H groups in total. The molecule has 3 aromatic rings. The highest BCUT2D eigenvalue weighted by atomic mass is 19.1. The second-order valence-corrected chi connectivity index (χ2v) is 6.50. The number of aromatic amines is 1. The smallest absolute Gasteiger partial charge is 0.270 e. The van der Waals surface area contributed by atoms with E-state index in [-0.39, 0.29) is 24.2 Å². The zero-order valence-electron chi connectivity index (χ0n) is 15.4. The van der Waals surface area contributed by atoms with Gasteiger partial charge in [-0.15, -0.1) is 0 Å². The lowest BCUT2D eigenvalue weighted by Crippen LogP contribution is -2.38. The van der Waals surface area contributed by atoms with E-state index in [9.17, 15) is 14.0 Å². The molecule has 3 rings (SSSR count). The van der Waals surface area contributed by atoms with Gasteiger partial charge in [-0.2, -0.15) is 0 Å². The lowest BCUT2D eigenvalue weighted by atomic mass is 10.2. The minimum absolute atomic E-state index is 0.0509. The fourth-order valence-electron chi connectivity index (χ4n) is 2.99. The van der Waals surface area contributed by atoms with Crippen LogP contribution in [0, 0.1) is 12.7 Å². The molecule has 0 fully saturated rings. The monoisotopic (exact) mass is 367 g/mol. The van der Waals surface area contributed by atoms with Crippen LogP contribution in [0.2, 0.25) is 0 Å². The minimum Gasteiger partial charge on any atom is -0.351 e. The molecular formula is C21H22FN3O2. The van der Waals surface area contributed by atoms with Gasteiger partial charge in [-0.25, -0.2) is 4.39 Å². The molecule has 0 spiro atoms. The van der Waals surface area contributed by atoms with Gasteiger partial charge in [-0.3, -0.25) is 9.59 Å². The van der Waals surface area contributed by atoms with Gasteiger partial charge in [0.05, 0.1) is 0 Å². The summed E-state index contributed by atoms with van der Waals surface area (Å²) in [5.74, 6) is -0.898.